The lowest BCUT2D eigenvalue weighted by Crippen LogP contribution is -2.01. The second-order valence-corrected chi connectivity index (χ2v) is 19.7. The van der Waals surface area contributed by atoms with Crippen LogP contribution in [-0.4, -0.2) is 22.8 Å². The molecule has 0 saturated heterocycles. The molecule has 0 amide bonds. The van der Waals surface area contributed by atoms with Gasteiger partial charge >= 0.3 is 0 Å². The molecule has 16 aromatic rings. The summed E-state index contributed by atoms with van der Waals surface area (Å²) in [5, 5.41) is 9.82. The van der Waals surface area contributed by atoms with Crippen molar-refractivity contribution in [3.63, 3.8) is 0 Å². The molecule has 0 atom stereocenters. The summed E-state index contributed by atoms with van der Waals surface area (Å²) in [6.45, 7) is 0. The van der Waals surface area contributed by atoms with Crippen molar-refractivity contribution < 1.29 is 0 Å². The highest BCUT2D eigenvalue weighted by molar-refractivity contribution is 6.25. The number of hydrogen-bond donors (Lipinski definition) is 0. The van der Waals surface area contributed by atoms with Gasteiger partial charge < -0.3 is 4.57 Å². The highest BCUT2D eigenvalue weighted by Crippen LogP contribution is 2.46. The minimum atomic E-state index is 1.12. The van der Waals surface area contributed by atoms with Crippen molar-refractivity contribution in [2.45, 2.75) is 0 Å². The summed E-state index contributed by atoms with van der Waals surface area (Å²) >= 11 is 0. The molecule has 0 aliphatic rings. The molecule has 11 aromatic carbocycles. The molecule has 16 rings (SSSR count). The molecule has 0 radical (unpaired) electrons. The van der Waals surface area contributed by atoms with Gasteiger partial charge in [0.05, 0.1) is 33.1 Å². The van der Waals surface area contributed by atoms with Crippen LogP contribution in [0.5, 0.6) is 0 Å². The summed E-state index contributed by atoms with van der Waals surface area (Å²) < 4.78 is 12.2. The van der Waals surface area contributed by atoms with Gasteiger partial charge in [-0.3, -0.25) is 18.3 Å². The highest BCUT2D eigenvalue weighted by Gasteiger charge is 2.26. The van der Waals surface area contributed by atoms with Crippen LogP contribution in [0.3, 0.4) is 0 Å². The molecule has 0 saturated carbocycles. The fourth-order valence-corrected chi connectivity index (χ4v) is 12.4. The zero-order valence-electron chi connectivity index (χ0n) is 40.7. The maximum atomic E-state index is 2.47. The second kappa shape index (κ2) is 16.2. The van der Waals surface area contributed by atoms with E-state index in [4.69, 9.17) is 0 Å². The third-order valence-electron chi connectivity index (χ3n) is 15.6. The molecule has 350 valence electrons. The Morgan fingerprint density at radius 2 is 0.427 bits per heavy atom. The maximum Gasteiger partial charge on any atom is 0.131 e. The van der Waals surface area contributed by atoms with E-state index < -0.39 is 0 Å². The third-order valence-corrected chi connectivity index (χ3v) is 15.6. The van der Waals surface area contributed by atoms with Crippen molar-refractivity contribution in [2.24, 2.45) is 0 Å². The van der Waals surface area contributed by atoms with Crippen molar-refractivity contribution in [2.75, 3.05) is 0 Å². The standard InChI is InChI=1S/C70H45N5/c1-6-20-50(21-7-1)71-61-32-18-16-30-55(61)57-42-46(34-38-63(57)71)47-35-40-65-59(44-47)68-60-45-49(37-41-66(60)75(54-28-14-5-15-29-54)70(68)74(65)53-26-12-4-13-27-53)48-36-39-64-58(43-48)67-56-31-17-19-33-62(56)72(51-22-8-2-9-23-51)69(67)73(64)52-24-10-3-11-25-52/h1-45H. The van der Waals surface area contributed by atoms with Crippen molar-refractivity contribution in [1.82, 2.24) is 22.8 Å². The van der Waals surface area contributed by atoms with Crippen LogP contribution in [0.25, 0.3) is 138 Å². The molecule has 0 unspecified atom stereocenters. The van der Waals surface area contributed by atoms with Crippen LogP contribution in [0.2, 0.25) is 0 Å². The van der Waals surface area contributed by atoms with Crippen LogP contribution in [0.1, 0.15) is 0 Å². The lowest BCUT2D eigenvalue weighted by Gasteiger charge is -2.14. The molecule has 5 nitrogen and oxygen atoms in total. The van der Waals surface area contributed by atoms with E-state index in [-0.39, 0.29) is 0 Å². The van der Waals surface area contributed by atoms with E-state index in [9.17, 15) is 0 Å². The smallest absolute Gasteiger partial charge is 0.131 e. The van der Waals surface area contributed by atoms with Gasteiger partial charge in [-0.15, -0.1) is 0 Å². The summed E-state index contributed by atoms with van der Waals surface area (Å²) in [4.78, 5) is 0. The van der Waals surface area contributed by atoms with Crippen molar-refractivity contribution >= 4 is 87.5 Å². The lowest BCUT2D eigenvalue weighted by molar-refractivity contribution is 1.07. The predicted molar refractivity (Wildman–Crippen MR) is 314 cm³/mol. The van der Waals surface area contributed by atoms with Crippen LogP contribution in [0, 0.1) is 0 Å². The quantitative estimate of drug-likeness (QED) is 0.152. The number of benzene rings is 11. The summed E-state index contributed by atoms with van der Waals surface area (Å²) in [6, 6.07) is 99.9. The van der Waals surface area contributed by atoms with E-state index in [1.165, 1.54) is 87.4 Å². The van der Waals surface area contributed by atoms with Gasteiger partial charge in [-0.05, 0) is 144 Å². The average Bonchev–Trinajstić information content (AvgIpc) is 4.39. The van der Waals surface area contributed by atoms with Crippen LogP contribution in [0.15, 0.2) is 273 Å². The summed E-state index contributed by atoms with van der Waals surface area (Å²) in [6.07, 6.45) is 0. The molecule has 0 aliphatic heterocycles. The molecule has 5 heterocycles. The summed E-state index contributed by atoms with van der Waals surface area (Å²) in [5.41, 5.74) is 19.7. The first-order chi connectivity index (χ1) is 37.2. The number of nitrogens with zero attached hydrogens (tertiary/aromatic N) is 5. The van der Waals surface area contributed by atoms with Crippen LogP contribution >= 0.6 is 0 Å². The van der Waals surface area contributed by atoms with E-state index in [1.807, 2.05) is 0 Å². The second-order valence-electron chi connectivity index (χ2n) is 19.7. The Morgan fingerprint density at radius 1 is 0.173 bits per heavy atom. The zero-order valence-corrected chi connectivity index (χ0v) is 40.7. The Balaban J connectivity index is 0.961. The van der Waals surface area contributed by atoms with Gasteiger partial charge in [0, 0.05) is 71.5 Å². The van der Waals surface area contributed by atoms with E-state index in [0.717, 1.165) is 50.8 Å². The lowest BCUT2D eigenvalue weighted by atomic mass is 9.98. The van der Waals surface area contributed by atoms with Gasteiger partial charge in [0.2, 0.25) is 0 Å². The Labute approximate surface area is 431 Å². The van der Waals surface area contributed by atoms with Crippen molar-refractivity contribution in [3.8, 4) is 50.7 Å². The molecular weight excluding hydrogens is 911 g/mol. The average molecular weight is 956 g/mol. The van der Waals surface area contributed by atoms with Crippen LogP contribution < -0.4 is 0 Å². The first-order valence-electron chi connectivity index (χ1n) is 25.8. The van der Waals surface area contributed by atoms with Gasteiger partial charge in [0.15, 0.2) is 0 Å². The number of hydrogen-bond acceptors (Lipinski definition) is 0. The number of para-hydroxylation sites is 7. The number of rotatable bonds is 7. The molecule has 75 heavy (non-hydrogen) atoms. The molecule has 0 spiro atoms. The molecule has 5 aromatic heterocycles. The summed E-state index contributed by atoms with van der Waals surface area (Å²) in [7, 11) is 0. The molecule has 5 heteroatoms. The first-order valence-corrected chi connectivity index (χ1v) is 25.8. The Bertz CT molecular complexity index is 4900. The minimum absolute atomic E-state index is 1.12. The normalized spacial score (nSPS) is 12.0. The predicted octanol–water partition coefficient (Wildman–Crippen LogP) is 18.2. The van der Waals surface area contributed by atoms with Crippen LogP contribution in [-0.2, 0) is 0 Å². The molecule has 0 bridgehead atoms. The maximum absolute atomic E-state index is 2.47. The van der Waals surface area contributed by atoms with Crippen molar-refractivity contribution in [3.05, 3.63) is 273 Å². The Hall–Kier alpha value is -10.1. The van der Waals surface area contributed by atoms with Gasteiger partial charge in [-0.25, -0.2) is 0 Å². The third kappa shape index (κ3) is 6.13. The largest absolute Gasteiger partial charge is 0.309 e. The number of aromatic nitrogens is 5. The van der Waals surface area contributed by atoms with E-state index in [2.05, 4.69) is 296 Å². The fraction of sp³-hybridized carbons (Fsp3) is 0. The molecular formula is C70H45N5. The molecule has 0 fully saturated rings. The molecule has 0 N–H and O–H groups in total. The van der Waals surface area contributed by atoms with Gasteiger partial charge in [0.1, 0.15) is 11.3 Å². The molecule has 0 aliphatic carbocycles. The Morgan fingerprint density at radius 3 is 0.800 bits per heavy atom. The van der Waals surface area contributed by atoms with E-state index >= 15 is 0 Å². The minimum Gasteiger partial charge on any atom is -0.309 e. The van der Waals surface area contributed by atoms with Gasteiger partial charge in [-0.1, -0.05) is 152 Å². The Kier molecular flexibility index (Phi) is 8.97. The monoisotopic (exact) mass is 955 g/mol. The number of fused-ring (bicyclic) bond motifs is 13. The first kappa shape index (κ1) is 41.5. The summed E-state index contributed by atoms with van der Waals surface area (Å²) in [5.74, 6) is 0. The highest BCUT2D eigenvalue weighted by atomic mass is 15.1. The van der Waals surface area contributed by atoms with Gasteiger partial charge in [-0.2, -0.15) is 0 Å². The zero-order chi connectivity index (χ0) is 49.1. The topological polar surface area (TPSA) is 24.6 Å². The van der Waals surface area contributed by atoms with E-state index in [0.29, 0.717) is 0 Å². The van der Waals surface area contributed by atoms with Crippen molar-refractivity contribution in [1.29, 1.82) is 0 Å². The SMILES string of the molecule is c1ccc(-n2c3ccccc3c3cc(-c4ccc5c(c4)c4c6cc(-c7ccc8c(c7)c7c9ccccc9n(-c9ccccc9)c7n8-c7ccccc7)ccc6n(-c6ccccc6)c4n5-c4ccccc4)ccc32)cc1. The van der Waals surface area contributed by atoms with E-state index in [1.54, 1.807) is 0 Å². The fourth-order valence-electron chi connectivity index (χ4n) is 12.4. The van der Waals surface area contributed by atoms with Gasteiger partial charge in [0.25, 0.3) is 0 Å². The van der Waals surface area contributed by atoms with Crippen LogP contribution in [0.4, 0.5) is 0 Å².